The monoisotopic (exact) mass is 191 g/mol. The van der Waals surface area contributed by atoms with Crippen molar-refractivity contribution in [3.05, 3.63) is 35.4 Å². The highest BCUT2D eigenvalue weighted by atomic mass is 16.6. The normalized spacial score (nSPS) is 20.4. The van der Waals surface area contributed by atoms with E-state index in [4.69, 9.17) is 4.74 Å². The number of cyclic esters (lactones) is 1. The first-order valence-electron chi connectivity index (χ1n) is 4.83. The second-order valence-corrected chi connectivity index (χ2v) is 3.37. The maximum Gasteiger partial charge on any atom is 0.407 e. The SMILES string of the molecule is CCc1ccc(C2CNC(=O)O2)cc1. The van der Waals surface area contributed by atoms with Crippen LogP contribution in [0.2, 0.25) is 0 Å². The molecule has 0 radical (unpaired) electrons. The lowest BCUT2D eigenvalue weighted by atomic mass is 10.1. The topological polar surface area (TPSA) is 38.3 Å². The Balaban J connectivity index is 2.13. The highest BCUT2D eigenvalue weighted by Gasteiger charge is 2.23. The largest absolute Gasteiger partial charge is 0.439 e. The Morgan fingerprint density at radius 3 is 2.64 bits per heavy atom. The Morgan fingerprint density at radius 1 is 1.43 bits per heavy atom. The minimum absolute atomic E-state index is 0.117. The Labute approximate surface area is 83.1 Å². The first kappa shape index (κ1) is 9.06. The predicted molar refractivity (Wildman–Crippen MR) is 53.0 cm³/mol. The Kier molecular flexibility index (Phi) is 2.39. The number of hydrogen-bond donors (Lipinski definition) is 1. The molecule has 1 fully saturated rings. The van der Waals surface area contributed by atoms with Crippen molar-refractivity contribution in [3.63, 3.8) is 0 Å². The third-order valence-electron chi connectivity index (χ3n) is 2.44. The summed E-state index contributed by atoms with van der Waals surface area (Å²) in [6.45, 7) is 2.69. The molecule has 1 aromatic carbocycles. The van der Waals surface area contributed by atoms with Crippen LogP contribution in [-0.4, -0.2) is 12.6 Å². The van der Waals surface area contributed by atoms with Gasteiger partial charge in [-0.1, -0.05) is 31.2 Å². The van der Waals surface area contributed by atoms with E-state index < -0.39 is 0 Å². The fourth-order valence-corrected chi connectivity index (χ4v) is 1.54. The van der Waals surface area contributed by atoms with Crippen LogP contribution in [0.3, 0.4) is 0 Å². The number of rotatable bonds is 2. The Morgan fingerprint density at radius 2 is 2.14 bits per heavy atom. The third kappa shape index (κ3) is 1.71. The van der Waals surface area contributed by atoms with Gasteiger partial charge in [0.25, 0.3) is 0 Å². The van der Waals surface area contributed by atoms with Crippen LogP contribution in [0.4, 0.5) is 4.79 Å². The zero-order valence-electron chi connectivity index (χ0n) is 8.12. The van der Waals surface area contributed by atoms with Gasteiger partial charge >= 0.3 is 6.09 Å². The fourth-order valence-electron chi connectivity index (χ4n) is 1.54. The molecule has 1 aromatic rings. The van der Waals surface area contributed by atoms with Gasteiger partial charge in [-0.2, -0.15) is 0 Å². The van der Waals surface area contributed by atoms with E-state index in [1.807, 2.05) is 12.1 Å². The second kappa shape index (κ2) is 3.70. The van der Waals surface area contributed by atoms with E-state index in [1.165, 1.54) is 5.56 Å². The van der Waals surface area contributed by atoms with Crippen molar-refractivity contribution in [2.45, 2.75) is 19.4 Å². The summed E-state index contributed by atoms with van der Waals surface area (Å²) < 4.78 is 5.07. The fraction of sp³-hybridized carbons (Fsp3) is 0.364. The average molecular weight is 191 g/mol. The van der Waals surface area contributed by atoms with Crippen LogP contribution in [0.5, 0.6) is 0 Å². The second-order valence-electron chi connectivity index (χ2n) is 3.37. The maximum atomic E-state index is 10.8. The number of nitrogens with one attached hydrogen (secondary N) is 1. The smallest absolute Gasteiger partial charge is 0.407 e. The van der Waals surface area contributed by atoms with E-state index in [0.717, 1.165) is 12.0 Å². The quantitative estimate of drug-likeness (QED) is 0.776. The number of ether oxygens (including phenoxy) is 1. The van der Waals surface area contributed by atoms with Gasteiger partial charge in [-0.15, -0.1) is 0 Å². The van der Waals surface area contributed by atoms with E-state index in [0.29, 0.717) is 6.54 Å². The van der Waals surface area contributed by atoms with E-state index in [9.17, 15) is 4.79 Å². The minimum atomic E-state index is -0.324. The number of benzene rings is 1. The van der Waals surface area contributed by atoms with Crippen LogP contribution >= 0.6 is 0 Å². The summed E-state index contributed by atoms with van der Waals surface area (Å²) in [5, 5.41) is 2.64. The van der Waals surface area contributed by atoms with Crippen molar-refractivity contribution in [2.24, 2.45) is 0 Å². The van der Waals surface area contributed by atoms with Crippen molar-refractivity contribution in [2.75, 3.05) is 6.54 Å². The highest BCUT2D eigenvalue weighted by molar-refractivity contribution is 5.69. The first-order valence-corrected chi connectivity index (χ1v) is 4.83. The van der Waals surface area contributed by atoms with Gasteiger partial charge in [0.15, 0.2) is 0 Å². The van der Waals surface area contributed by atoms with Gasteiger partial charge in [-0.05, 0) is 17.5 Å². The number of hydrogen-bond acceptors (Lipinski definition) is 2. The minimum Gasteiger partial charge on any atom is -0.439 e. The van der Waals surface area contributed by atoms with Gasteiger partial charge in [0.05, 0.1) is 6.54 Å². The van der Waals surface area contributed by atoms with Crippen molar-refractivity contribution in [3.8, 4) is 0 Å². The molecule has 1 heterocycles. The third-order valence-corrected chi connectivity index (χ3v) is 2.44. The van der Waals surface area contributed by atoms with Crippen molar-refractivity contribution in [1.29, 1.82) is 0 Å². The predicted octanol–water partition coefficient (Wildman–Crippen LogP) is 2.03. The Hall–Kier alpha value is -1.51. The molecule has 3 heteroatoms. The molecule has 1 aliphatic rings. The summed E-state index contributed by atoms with van der Waals surface area (Å²) in [5.74, 6) is 0. The molecule has 0 aliphatic carbocycles. The van der Waals surface area contributed by atoms with Gasteiger partial charge in [0.1, 0.15) is 6.10 Å². The summed E-state index contributed by atoms with van der Waals surface area (Å²) in [4.78, 5) is 10.8. The van der Waals surface area contributed by atoms with E-state index in [1.54, 1.807) is 0 Å². The van der Waals surface area contributed by atoms with Gasteiger partial charge in [-0.3, -0.25) is 0 Å². The molecule has 1 atom stereocenters. The summed E-state index contributed by atoms with van der Waals surface area (Å²) in [7, 11) is 0. The standard InChI is InChI=1S/C11H13NO2/c1-2-8-3-5-9(6-4-8)10-7-12-11(13)14-10/h3-6,10H,2,7H2,1H3,(H,12,13). The molecule has 0 aromatic heterocycles. The summed E-state index contributed by atoms with van der Waals surface area (Å²) in [6, 6.07) is 8.18. The molecule has 0 bridgehead atoms. The highest BCUT2D eigenvalue weighted by Crippen LogP contribution is 2.20. The molecule has 2 rings (SSSR count). The lowest BCUT2D eigenvalue weighted by Gasteiger charge is -2.08. The van der Waals surface area contributed by atoms with Crippen molar-refractivity contribution < 1.29 is 9.53 Å². The zero-order chi connectivity index (χ0) is 9.97. The number of carbonyl (C=O) groups is 1. The van der Waals surface area contributed by atoms with Crippen LogP contribution in [0, 0.1) is 0 Å². The van der Waals surface area contributed by atoms with Gasteiger partial charge < -0.3 is 10.1 Å². The molecule has 1 amide bonds. The van der Waals surface area contributed by atoms with E-state index >= 15 is 0 Å². The molecule has 14 heavy (non-hydrogen) atoms. The molecular weight excluding hydrogens is 178 g/mol. The van der Waals surface area contributed by atoms with Gasteiger partial charge in [0.2, 0.25) is 0 Å². The molecule has 0 spiro atoms. The molecule has 0 saturated carbocycles. The van der Waals surface area contributed by atoms with Crippen LogP contribution in [-0.2, 0) is 11.2 Å². The summed E-state index contributed by atoms with van der Waals surface area (Å²) in [6.07, 6.45) is 0.589. The van der Waals surface area contributed by atoms with Crippen LogP contribution in [0.15, 0.2) is 24.3 Å². The average Bonchev–Trinajstić information content (AvgIpc) is 2.65. The summed E-state index contributed by atoms with van der Waals surface area (Å²) >= 11 is 0. The van der Waals surface area contributed by atoms with E-state index in [2.05, 4.69) is 24.4 Å². The van der Waals surface area contributed by atoms with E-state index in [-0.39, 0.29) is 12.2 Å². The first-order chi connectivity index (χ1) is 6.79. The van der Waals surface area contributed by atoms with Crippen LogP contribution in [0.1, 0.15) is 24.2 Å². The molecule has 1 unspecified atom stereocenters. The molecule has 74 valence electrons. The molecular formula is C11H13NO2. The lowest BCUT2D eigenvalue weighted by molar-refractivity contribution is 0.141. The molecule has 1 aliphatic heterocycles. The Bertz CT molecular complexity index is 332. The molecule has 1 N–H and O–H groups in total. The lowest BCUT2D eigenvalue weighted by Crippen LogP contribution is -2.12. The van der Waals surface area contributed by atoms with Crippen LogP contribution in [0.25, 0.3) is 0 Å². The number of carbonyl (C=O) groups excluding carboxylic acids is 1. The summed E-state index contributed by atoms with van der Waals surface area (Å²) in [5.41, 5.74) is 2.35. The zero-order valence-corrected chi connectivity index (χ0v) is 8.12. The molecule has 1 saturated heterocycles. The number of amides is 1. The van der Waals surface area contributed by atoms with Crippen molar-refractivity contribution in [1.82, 2.24) is 5.32 Å². The van der Waals surface area contributed by atoms with Crippen molar-refractivity contribution >= 4 is 6.09 Å². The maximum absolute atomic E-state index is 10.8. The number of aryl methyl sites for hydroxylation is 1. The van der Waals surface area contributed by atoms with Gasteiger partial charge in [-0.25, -0.2) is 4.79 Å². The number of alkyl carbamates (subject to hydrolysis) is 1. The van der Waals surface area contributed by atoms with Gasteiger partial charge in [0, 0.05) is 0 Å². The van der Waals surface area contributed by atoms with Crippen LogP contribution < -0.4 is 5.32 Å². The molecule has 3 nitrogen and oxygen atoms in total.